The van der Waals surface area contributed by atoms with Gasteiger partial charge in [-0.25, -0.2) is 0 Å². The van der Waals surface area contributed by atoms with Gasteiger partial charge in [0.15, 0.2) is 0 Å². The molecule has 0 N–H and O–H groups in total. The molecule has 0 amide bonds. The van der Waals surface area contributed by atoms with Gasteiger partial charge in [-0.05, 0) is 34.4 Å². The van der Waals surface area contributed by atoms with E-state index >= 15 is 0 Å². The summed E-state index contributed by atoms with van der Waals surface area (Å²) in [6.07, 6.45) is 0. The third-order valence-electron chi connectivity index (χ3n) is 2.77. The Balaban J connectivity index is 2.61. The Labute approximate surface area is 103 Å². The SMILES string of the molecule is Clc1ccc2ccc3cccc(Cl)c3c2c1. The van der Waals surface area contributed by atoms with Crippen molar-refractivity contribution in [2.45, 2.75) is 0 Å². The average Bonchev–Trinajstić information content (AvgIpc) is 2.28. The number of halogens is 2. The van der Waals surface area contributed by atoms with Crippen molar-refractivity contribution in [3.63, 3.8) is 0 Å². The van der Waals surface area contributed by atoms with Crippen LogP contribution in [0.15, 0.2) is 48.5 Å². The summed E-state index contributed by atoms with van der Waals surface area (Å²) in [4.78, 5) is 0. The van der Waals surface area contributed by atoms with Crippen molar-refractivity contribution >= 4 is 44.7 Å². The highest BCUT2D eigenvalue weighted by atomic mass is 35.5. The lowest BCUT2D eigenvalue weighted by atomic mass is 10.0. The van der Waals surface area contributed by atoms with Gasteiger partial charge in [0.05, 0.1) is 0 Å². The molecule has 2 heteroatoms. The van der Waals surface area contributed by atoms with Crippen LogP contribution in [0.2, 0.25) is 10.0 Å². The lowest BCUT2D eigenvalue weighted by molar-refractivity contribution is 1.76. The van der Waals surface area contributed by atoms with Crippen molar-refractivity contribution in [3.05, 3.63) is 58.6 Å². The van der Waals surface area contributed by atoms with Crippen LogP contribution in [-0.4, -0.2) is 0 Å². The van der Waals surface area contributed by atoms with Crippen molar-refractivity contribution in [2.24, 2.45) is 0 Å². The van der Waals surface area contributed by atoms with Crippen LogP contribution in [0.1, 0.15) is 0 Å². The molecule has 0 radical (unpaired) electrons. The van der Waals surface area contributed by atoms with Crippen molar-refractivity contribution in [1.82, 2.24) is 0 Å². The van der Waals surface area contributed by atoms with Crippen LogP contribution in [0.4, 0.5) is 0 Å². The second-order valence-corrected chi connectivity index (χ2v) is 4.61. The van der Waals surface area contributed by atoms with Gasteiger partial charge in [0.2, 0.25) is 0 Å². The molecule has 0 aliphatic carbocycles. The lowest BCUT2D eigenvalue weighted by Crippen LogP contribution is -1.79. The van der Waals surface area contributed by atoms with Crippen molar-refractivity contribution in [3.8, 4) is 0 Å². The Bertz CT molecular complexity index is 687. The molecule has 3 aromatic rings. The highest BCUT2D eigenvalue weighted by Crippen LogP contribution is 2.32. The molecule has 0 atom stereocenters. The van der Waals surface area contributed by atoms with Crippen molar-refractivity contribution in [2.75, 3.05) is 0 Å². The van der Waals surface area contributed by atoms with E-state index in [1.54, 1.807) is 0 Å². The van der Waals surface area contributed by atoms with E-state index < -0.39 is 0 Å². The molecular weight excluding hydrogens is 239 g/mol. The van der Waals surface area contributed by atoms with Gasteiger partial charge in [0, 0.05) is 15.4 Å². The maximum absolute atomic E-state index is 6.25. The second-order valence-electron chi connectivity index (χ2n) is 3.77. The first-order chi connectivity index (χ1) is 7.75. The van der Waals surface area contributed by atoms with Gasteiger partial charge in [-0.1, -0.05) is 53.5 Å². The Hall–Kier alpha value is -1.24. The van der Waals surface area contributed by atoms with Crippen LogP contribution < -0.4 is 0 Å². The summed E-state index contributed by atoms with van der Waals surface area (Å²) in [5.41, 5.74) is 0. The molecule has 0 saturated heterocycles. The molecular formula is C14H8Cl2. The number of hydrogen-bond acceptors (Lipinski definition) is 0. The number of rotatable bonds is 0. The summed E-state index contributed by atoms with van der Waals surface area (Å²) in [5, 5.41) is 5.98. The Morgan fingerprint density at radius 2 is 1.50 bits per heavy atom. The van der Waals surface area contributed by atoms with E-state index in [0.717, 1.165) is 31.6 Å². The topological polar surface area (TPSA) is 0 Å². The van der Waals surface area contributed by atoms with Crippen LogP contribution in [0.25, 0.3) is 21.5 Å². The maximum atomic E-state index is 6.25. The van der Waals surface area contributed by atoms with E-state index in [-0.39, 0.29) is 0 Å². The standard InChI is InChI=1S/C14H8Cl2/c15-11-7-6-9-4-5-10-2-1-3-13(16)14(10)12(9)8-11/h1-8H. The zero-order valence-corrected chi connectivity index (χ0v) is 9.89. The van der Waals surface area contributed by atoms with Crippen LogP contribution in [0.3, 0.4) is 0 Å². The predicted molar refractivity (Wildman–Crippen MR) is 71.5 cm³/mol. The molecule has 0 aliphatic heterocycles. The summed E-state index contributed by atoms with van der Waals surface area (Å²) in [7, 11) is 0. The van der Waals surface area contributed by atoms with E-state index in [9.17, 15) is 0 Å². The van der Waals surface area contributed by atoms with Crippen LogP contribution in [0, 0.1) is 0 Å². The average molecular weight is 247 g/mol. The minimum Gasteiger partial charge on any atom is -0.0843 e. The first-order valence-corrected chi connectivity index (χ1v) is 5.78. The summed E-state index contributed by atoms with van der Waals surface area (Å²) in [6.45, 7) is 0. The lowest BCUT2D eigenvalue weighted by Gasteiger charge is -2.05. The maximum Gasteiger partial charge on any atom is 0.0490 e. The van der Waals surface area contributed by atoms with E-state index in [1.165, 1.54) is 0 Å². The van der Waals surface area contributed by atoms with E-state index in [4.69, 9.17) is 23.2 Å². The minimum absolute atomic E-state index is 0.736. The zero-order chi connectivity index (χ0) is 11.1. The molecule has 78 valence electrons. The highest BCUT2D eigenvalue weighted by Gasteiger charge is 2.04. The molecule has 3 rings (SSSR count). The van der Waals surface area contributed by atoms with Crippen LogP contribution >= 0.6 is 23.2 Å². The van der Waals surface area contributed by atoms with Crippen molar-refractivity contribution in [1.29, 1.82) is 0 Å². The Kier molecular flexibility index (Phi) is 2.27. The van der Waals surface area contributed by atoms with E-state index in [1.807, 2.05) is 30.3 Å². The van der Waals surface area contributed by atoms with E-state index in [2.05, 4.69) is 18.2 Å². The monoisotopic (exact) mass is 246 g/mol. The summed E-state index contributed by atoms with van der Waals surface area (Å²) in [6, 6.07) is 16.0. The summed E-state index contributed by atoms with van der Waals surface area (Å²) >= 11 is 12.3. The minimum atomic E-state index is 0.736. The summed E-state index contributed by atoms with van der Waals surface area (Å²) < 4.78 is 0. The number of benzene rings is 3. The van der Waals surface area contributed by atoms with Gasteiger partial charge in [-0.2, -0.15) is 0 Å². The number of hydrogen-bond donors (Lipinski definition) is 0. The largest absolute Gasteiger partial charge is 0.0843 e. The third-order valence-corrected chi connectivity index (χ3v) is 3.32. The fourth-order valence-corrected chi connectivity index (χ4v) is 2.49. The molecule has 0 spiro atoms. The van der Waals surface area contributed by atoms with Gasteiger partial charge in [0.25, 0.3) is 0 Å². The van der Waals surface area contributed by atoms with Crippen LogP contribution in [-0.2, 0) is 0 Å². The van der Waals surface area contributed by atoms with Crippen molar-refractivity contribution < 1.29 is 0 Å². The molecule has 0 aliphatic rings. The molecule has 0 heterocycles. The van der Waals surface area contributed by atoms with Gasteiger partial charge in [-0.15, -0.1) is 0 Å². The predicted octanol–water partition coefficient (Wildman–Crippen LogP) is 5.30. The molecule has 0 saturated carbocycles. The Morgan fingerprint density at radius 1 is 0.750 bits per heavy atom. The molecule has 0 aromatic heterocycles. The smallest absolute Gasteiger partial charge is 0.0490 e. The molecule has 0 unspecified atom stereocenters. The van der Waals surface area contributed by atoms with Crippen LogP contribution in [0.5, 0.6) is 0 Å². The van der Waals surface area contributed by atoms with E-state index in [0.29, 0.717) is 0 Å². The first kappa shape index (κ1) is 9.95. The summed E-state index contributed by atoms with van der Waals surface area (Å²) in [5.74, 6) is 0. The van der Waals surface area contributed by atoms with Gasteiger partial charge in [0.1, 0.15) is 0 Å². The molecule has 16 heavy (non-hydrogen) atoms. The fourth-order valence-electron chi connectivity index (χ4n) is 2.03. The molecule has 3 aromatic carbocycles. The third kappa shape index (κ3) is 1.46. The first-order valence-electron chi connectivity index (χ1n) is 5.02. The fraction of sp³-hybridized carbons (Fsp3) is 0. The normalized spacial score (nSPS) is 11.1. The van der Waals surface area contributed by atoms with Gasteiger partial charge >= 0.3 is 0 Å². The highest BCUT2D eigenvalue weighted by molar-refractivity contribution is 6.38. The second kappa shape index (κ2) is 3.65. The molecule has 0 bridgehead atoms. The van der Waals surface area contributed by atoms with Gasteiger partial charge in [-0.3, -0.25) is 0 Å². The Morgan fingerprint density at radius 3 is 2.38 bits per heavy atom. The van der Waals surface area contributed by atoms with Gasteiger partial charge < -0.3 is 0 Å². The quantitative estimate of drug-likeness (QED) is 0.473. The molecule has 0 nitrogen and oxygen atoms in total. The molecule has 0 fully saturated rings. The zero-order valence-electron chi connectivity index (χ0n) is 8.37. The number of fused-ring (bicyclic) bond motifs is 3.